The molecule has 0 spiro atoms. The number of nitrogens with zero attached hydrogens (tertiary/aromatic N) is 4. The maximum Gasteiger partial charge on any atom is 0.384 e. The Morgan fingerprint density at radius 1 is 1.26 bits per heavy atom. The van der Waals surface area contributed by atoms with Gasteiger partial charge in [-0.2, -0.15) is 4.98 Å². The minimum atomic E-state index is -0.728. The zero-order valence-corrected chi connectivity index (χ0v) is 13.7. The zero-order valence-electron chi connectivity index (χ0n) is 12.1. The molecule has 0 bridgehead atoms. The van der Waals surface area contributed by atoms with Gasteiger partial charge in [0.25, 0.3) is 0 Å². The molecule has 0 radical (unpaired) electrons. The van der Waals surface area contributed by atoms with Crippen LogP contribution in [0, 0.1) is 0 Å². The van der Waals surface area contributed by atoms with E-state index in [1.807, 2.05) is 23.1 Å². The van der Waals surface area contributed by atoms with E-state index in [1.165, 1.54) is 5.56 Å². The summed E-state index contributed by atoms with van der Waals surface area (Å²) in [6.07, 6.45) is 3.51. The molecular formula is C16H13BrN4O2. The van der Waals surface area contributed by atoms with Crippen LogP contribution in [0.4, 0.5) is 11.5 Å². The Hall–Kier alpha value is -2.41. The average Bonchev–Trinajstić information content (AvgIpc) is 2.58. The molecule has 0 saturated heterocycles. The topological polar surface area (TPSA) is 71.2 Å². The second-order valence-electron chi connectivity index (χ2n) is 5.43. The van der Waals surface area contributed by atoms with Crippen LogP contribution in [0.1, 0.15) is 12.0 Å². The van der Waals surface area contributed by atoms with E-state index >= 15 is 0 Å². The zero-order chi connectivity index (χ0) is 16.0. The van der Waals surface area contributed by atoms with Gasteiger partial charge in [0.15, 0.2) is 5.65 Å². The Kier molecular flexibility index (Phi) is 3.30. The summed E-state index contributed by atoms with van der Waals surface area (Å²) in [5.41, 5.74) is 1.72. The van der Waals surface area contributed by atoms with Crippen molar-refractivity contribution in [2.45, 2.75) is 12.8 Å². The molecule has 7 heteroatoms. The predicted molar refractivity (Wildman–Crippen MR) is 90.5 cm³/mol. The van der Waals surface area contributed by atoms with Crippen molar-refractivity contribution < 1.29 is 5.21 Å². The fourth-order valence-electron chi connectivity index (χ4n) is 3.00. The van der Waals surface area contributed by atoms with Gasteiger partial charge in [0.2, 0.25) is 0 Å². The lowest BCUT2D eigenvalue weighted by atomic mass is 10.0. The smallest absolute Gasteiger partial charge is 0.384 e. The molecule has 116 valence electrons. The van der Waals surface area contributed by atoms with Crippen LogP contribution in [0.2, 0.25) is 0 Å². The summed E-state index contributed by atoms with van der Waals surface area (Å²) in [5.74, 6) is 0.530. The van der Waals surface area contributed by atoms with Gasteiger partial charge in [-0.25, -0.2) is 9.78 Å². The number of fused-ring (bicyclic) bond motifs is 2. The molecule has 6 nitrogen and oxygen atoms in total. The Morgan fingerprint density at radius 3 is 3.00 bits per heavy atom. The van der Waals surface area contributed by atoms with Crippen LogP contribution in [0.5, 0.6) is 0 Å². The van der Waals surface area contributed by atoms with E-state index in [9.17, 15) is 10.0 Å². The quantitative estimate of drug-likeness (QED) is 0.665. The Labute approximate surface area is 140 Å². The van der Waals surface area contributed by atoms with Crippen molar-refractivity contribution in [1.29, 1.82) is 0 Å². The number of anilines is 2. The van der Waals surface area contributed by atoms with Gasteiger partial charge < -0.3 is 10.1 Å². The summed E-state index contributed by atoms with van der Waals surface area (Å²) in [5, 5.41) is 10.5. The SMILES string of the molecule is O=c1nc(N2CCCc3ccc(Br)cc32)c2cccnc2n1O. The van der Waals surface area contributed by atoms with Crippen molar-refractivity contribution in [2.75, 3.05) is 11.4 Å². The molecule has 0 amide bonds. The fraction of sp³-hybridized carbons (Fsp3) is 0.188. The molecule has 1 aromatic carbocycles. The number of hydrogen-bond acceptors (Lipinski definition) is 5. The molecule has 0 saturated carbocycles. The van der Waals surface area contributed by atoms with E-state index in [4.69, 9.17) is 0 Å². The molecule has 1 aliphatic heterocycles. The van der Waals surface area contributed by atoms with Crippen LogP contribution in [0.3, 0.4) is 0 Å². The minimum Gasteiger partial charge on any atom is -0.422 e. The summed E-state index contributed by atoms with van der Waals surface area (Å²) in [6.45, 7) is 0.759. The third-order valence-corrected chi connectivity index (χ3v) is 4.53. The summed E-state index contributed by atoms with van der Waals surface area (Å²) >= 11 is 3.50. The Morgan fingerprint density at radius 2 is 2.13 bits per heavy atom. The van der Waals surface area contributed by atoms with E-state index in [-0.39, 0.29) is 5.65 Å². The van der Waals surface area contributed by atoms with Gasteiger partial charge in [-0.15, -0.1) is 4.73 Å². The summed E-state index contributed by atoms with van der Waals surface area (Å²) < 4.78 is 1.46. The predicted octanol–water partition coefficient (Wildman–Crippen LogP) is 2.88. The summed E-state index contributed by atoms with van der Waals surface area (Å²) in [7, 11) is 0. The van der Waals surface area contributed by atoms with E-state index in [0.717, 1.165) is 29.5 Å². The molecular weight excluding hydrogens is 360 g/mol. The first kappa shape index (κ1) is 14.2. The van der Waals surface area contributed by atoms with Gasteiger partial charge in [-0.1, -0.05) is 22.0 Å². The van der Waals surface area contributed by atoms with E-state index in [1.54, 1.807) is 12.3 Å². The molecule has 0 fully saturated rings. The standard InChI is InChI=1S/C16H13BrN4O2/c17-11-6-5-10-3-2-8-20(13(10)9-11)15-12-4-1-7-18-14(12)21(23)16(22)19-15/h1,4-7,9,23H,2-3,8H2. The first-order chi connectivity index (χ1) is 11.1. The number of aromatic nitrogens is 3. The number of rotatable bonds is 1. The average molecular weight is 373 g/mol. The molecule has 3 aromatic rings. The number of pyridine rings is 1. The van der Waals surface area contributed by atoms with Crippen LogP contribution in [-0.2, 0) is 6.42 Å². The van der Waals surface area contributed by atoms with Crippen LogP contribution in [0.15, 0.2) is 45.8 Å². The number of halogens is 1. The molecule has 23 heavy (non-hydrogen) atoms. The van der Waals surface area contributed by atoms with Gasteiger partial charge in [-0.3, -0.25) is 0 Å². The maximum absolute atomic E-state index is 12.0. The lowest BCUT2D eigenvalue weighted by Crippen LogP contribution is -2.30. The van der Waals surface area contributed by atoms with Crippen LogP contribution < -0.4 is 10.6 Å². The molecule has 0 atom stereocenters. The highest BCUT2D eigenvalue weighted by atomic mass is 79.9. The largest absolute Gasteiger partial charge is 0.422 e. The first-order valence-corrected chi connectivity index (χ1v) is 8.07. The third-order valence-electron chi connectivity index (χ3n) is 4.03. The summed E-state index contributed by atoms with van der Waals surface area (Å²) in [4.78, 5) is 22.2. The van der Waals surface area contributed by atoms with Gasteiger partial charge in [-0.05, 0) is 42.7 Å². The van der Waals surface area contributed by atoms with E-state index in [2.05, 4.69) is 32.0 Å². The van der Waals surface area contributed by atoms with Crippen molar-refractivity contribution in [2.24, 2.45) is 0 Å². The fourth-order valence-corrected chi connectivity index (χ4v) is 3.35. The van der Waals surface area contributed by atoms with Crippen LogP contribution in [-0.4, -0.2) is 26.5 Å². The highest BCUT2D eigenvalue weighted by molar-refractivity contribution is 9.10. The number of aryl methyl sites for hydroxylation is 1. The van der Waals surface area contributed by atoms with Gasteiger partial charge in [0.1, 0.15) is 5.82 Å². The second kappa shape index (κ2) is 5.34. The van der Waals surface area contributed by atoms with E-state index in [0.29, 0.717) is 15.9 Å². The Bertz CT molecular complexity index is 970. The second-order valence-corrected chi connectivity index (χ2v) is 6.35. The van der Waals surface area contributed by atoms with Gasteiger partial charge >= 0.3 is 5.69 Å². The first-order valence-electron chi connectivity index (χ1n) is 7.28. The van der Waals surface area contributed by atoms with Crippen molar-refractivity contribution in [3.8, 4) is 0 Å². The van der Waals surface area contributed by atoms with Crippen LogP contribution >= 0.6 is 15.9 Å². The van der Waals surface area contributed by atoms with Crippen molar-refractivity contribution in [3.05, 3.63) is 57.0 Å². The van der Waals surface area contributed by atoms with Crippen molar-refractivity contribution in [3.63, 3.8) is 0 Å². The normalized spacial score (nSPS) is 14.0. The highest BCUT2D eigenvalue weighted by Crippen LogP contribution is 2.36. The molecule has 1 aliphatic rings. The molecule has 3 heterocycles. The molecule has 0 unspecified atom stereocenters. The number of hydrogen-bond donors (Lipinski definition) is 1. The number of benzene rings is 1. The summed E-state index contributed by atoms with van der Waals surface area (Å²) in [6, 6.07) is 9.70. The van der Waals surface area contributed by atoms with Crippen molar-refractivity contribution in [1.82, 2.24) is 14.7 Å². The van der Waals surface area contributed by atoms with Crippen LogP contribution in [0.25, 0.3) is 11.0 Å². The Balaban J connectivity index is 2.00. The van der Waals surface area contributed by atoms with E-state index < -0.39 is 5.69 Å². The lowest BCUT2D eigenvalue weighted by Gasteiger charge is -2.31. The minimum absolute atomic E-state index is 0.213. The van der Waals surface area contributed by atoms with Gasteiger partial charge in [0, 0.05) is 22.9 Å². The van der Waals surface area contributed by atoms with Crippen molar-refractivity contribution >= 4 is 38.5 Å². The lowest BCUT2D eigenvalue weighted by molar-refractivity contribution is 0.182. The third kappa shape index (κ3) is 2.28. The molecule has 4 rings (SSSR count). The molecule has 1 N–H and O–H groups in total. The highest BCUT2D eigenvalue weighted by Gasteiger charge is 2.23. The molecule has 0 aliphatic carbocycles. The van der Waals surface area contributed by atoms with Gasteiger partial charge in [0.05, 0.1) is 5.39 Å². The monoisotopic (exact) mass is 372 g/mol. The maximum atomic E-state index is 12.0. The molecule has 2 aromatic heterocycles.